The van der Waals surface area contributed by atoms with Crippen molar-refractivity contribution in [2.24, 2.45) is 0 Å². The minimum atomic E-state index is -0.426. The van der Waals surface area contributed by atoms with Crippen molar-refractivity contribution in [3.05, 3.63) is 60.0 Å². The average Bonchev–Trinajstić information content (AvgIpc) is 3.13. The first-order chi connectivity index (χ1) is 14.0. The van der Waals surface area contributed by atoms with E-state index in [1.54, 1.807) is 55.9 Å². The van der Waals surface area contributed by atoms with Gasteiger partial charge in [0.1, 0.15) is 6.17 Å². The van der Waals surface area contributed by atoms with Crippen molar-refractivity contribution in [2.45, 2.75) is 25.6 Å². The molecule has 1 aliphatic heterocycles. The number of methoxy groups -OCH3 is 1. The number of hydrogen-bond acceptors (Lipinski definition) is 6. The van der Waals surface area contributed by atoms with Crippen LogP contribution in [0, 0.1) is 11.3 Å². The standard InChI is InChI=1S/C21H23N5O3/c1-14(9-10-29-2)25-20(27)17-7-8-19(23-12-17)26-21(28)18(13-24-26)16-5-3-15(11-22)4-6-16/h3-8,12-14,19,23,28H,9-10H2,1-2H3,(H,25,27). The zero-order chi connectivity index (χ0) is 20.8. The summed E-state index contributed by atoms with van der Waals surface area (Å²) >= 11 is 0. The van der Waals surface area contributed by atoms with Gasteiger partial charge in [0.25, 0.3) is 5.91 Å². The van der Waals surface area contributed by atoms with Gasteiger partial charge in [-0.2, -0.15) is 10.4 Å². The Morgan fingerprint density at radius 1 is 1.45 bits per heavy atom. The van der Waals surface area contributed by atoms with Crippen LogP contribution < -0.4 is 10.6 Å². The van der Waals surface area contributed by atoms with Crippen molar-refractivity contribution in [1.82, 2.24) is 20.4 Å². The van der Waals surface area contributed by atoms with Crippen LogP contribution >= 0.6 is 0 Å². The van der Waals surface area contributed by atoms with Gasteiger partial charge in [-0.3, -0.25) is 4.79 Å². The second kappa shape index (κ2) is 9.08. The molecule has 2 aromatic rings. The Bertz CT molecular complexity index is 969. The fraction of sp³-hybridized carbons (Fsp3) is 0.286. The second-order valence-corrected chi connectivity index (χ2v) is 6.74. The fourth-order valence-corrected chi connectivity index (χ4v) is 2.93. The van der Waals surface area contributed by atoms with E-state index in [1.165, 1.54) is 4.68 Å². The highest BCUT2D eigenvalue weighted by Crippen LogP contribution is 2.31. The maximum atomic E-state index is 12.3. The predicted molar refractivity (Wildman–Crippen MR) is 108 cm³/mol. The molecule has 1 aromatic carbocycles. The van der Waals surface area contributed by atoms with Crippen LogP contribution in [0.5, 0.6) is 5.88 Å². The molecule has 150 valence electrons. The number of nitriles is 1. The number of carbonyl (C=O) groups excluding carboxylic acids is 1. The quantitative estimate of drug-likeness (QED) is 0.665. The van der Waals surface area contributed by atoms with E-state index in [1.807, 2.05) is 6.92 Å². The highest BCUT2D eigenvalue weighted by molar-refractivity contribution is 5.96. The largest absolute Gasteiger partial charge is 0.493 e. The van der Waals surface area contributed by atoms with Crippen LogP contribution in [0.4, 0.5) is 0 Å². The summed E-state index contributed by atoms with van der Waals surface area (Å²) in [5.41, 5.74) is 2.35. The number of dihydropyridines is 1. The first-order valence-corrected chi connectivity index (χ1v) is 9.24. The normalized spacial score (nSPS) is 16.4. The molecule has 0 saturated carbocycles. The van der Waals surface area contributed by atoms with E-state index in [2.05, 4.69) is 21.8 Å². The number of nitrogens with one attached hydrogen (secondary N) is 2. The molecular weight excluding hydrogens is 370 g/mol. The number of amides is 1. The molecule has 1 aliphatic rings. The van der Waals surface area contributed by atoms with Crippen LogP contribution in [0.15, 0.2) is 54.4 Å². The molecule has 1 amide bonds. The highest BCUT2D eigenvalue weighted by Gasteiger charge is 2.20. The summed E-state index contributed by atoms with van der Waals surface area (Å²) in [5.74, 6) is -0.190. The Labute approximate surface area is 169 Å². The molecule has 0 radical (unpaired) electrons. The summed E-state index contributed by atoms with van der Waals surface area (Å²) in [6.07, 6.45) is 6.92. The van der Waals surface area contributed by atoms with Gasteiger partial charge in [-0.05, 0) is 43.2 Å². The number of nitrogens with zero attached hydrogens (tertiary/aromatic N) is 3. The third-order valence-electron chi connectivity index (χ3n) is 4.62. The van der Waals surface area contributed by atoms with E-state index < -0.39 is 6.17 Å². The minimum absolute atomic E-state index is 0.000358. The topological polar surface area (TPSA) is 112 Å². The van der Waals surface area contributed by atoms with Crippen molar-refractivity contribution < 1.29 is 14.6 Å². The van der Waals surface area contributed by atoms with Crippen LogP contribution in [0.25, 0.3) is 11.1 Å². The molecule has 3 N–H and O–H groups in total. The summed E-state index contributed by atoms with van der Waals surface area (Å²) in [4.78, 5) is 12.3. The molecule has 2 heterocycles. The summed E-state index contributed by atoms with van der Waals surface area (Å²) in [6.45, 7) is 2.50. The third kappa shape index (κ3) is 4.65. The number of aromatic nitrogens is 2. The van der Waals surface area contributed by atoms with E-state index in [-0.39, 0.29) is 17.8 Å². The average molecular weight is 393 g/mol. The number of hydrogen-bond donors (Lipinski definition) is 3. The van der Waals surface area contributed by atoms with Crippen LogP contribution in [0.1, 0.15) is 25.1 Å². The molecule has 2 atom stereocenters. The number of aromatic hydroxyl groups is 1. The molecule has 0 bridgehead atoms. The third-order valence-corrected chi connectivity index (χ3v) is 4.62. The summed E-state index contributed by atoms with van der Waals surface area (Å²) in [7, 11) is 1.63. The highest BCUT2D eigenvalue weighted by atomic mass is 16.5. The molecule has 2 unspecified atom stereocenters. The van der Waals surface area contributed by atoms with E-state index in [9.17, 15) is 9.90 Å². The lowest BCUT2D eigenvalue weighted by atomic mass is 10.1. The van der Waals surface area contributed by atoms with Crippen molar-refractivity contribution in [1.29, 1.82) is 5.26 Å². The fourth-order valence-electron chi connectivity index (χ4n) is 2.93. The second-order valence-electron chi connectivity index (χ2n) is 6.74. The number of ether oxygens (including phenoxy) is 1. The lowest BCUT2D eigenvalue weighted by molar-refractivity contribution is -0.117. The Morgan fingerprint density at radius 3 is 2.83 bits per heavy atom. The predicted octanol–water partition coefficient (Wildman–Crippen LogP) is 2.21. The molecular formula is C21H23N5O3. The van der Waals surface area contributed by atoms with Crippen LogP contribution in [-0.4, -0.2) is 40.6 Å². The van der Waals surface area contributed by atoms with Crippen molar-refractivity contribution in [2.75, 3.05) is 13.7 Å². The van der Waals surface area contributed by atoms with Crippen molar-refractivity contribution >= 4 is 5.91 Å². The van der Waals surface area contributed by atoms with Gasteiger partial charge in [-0.15, -0.1) is 0 Å². The van der Waals surface area contributed by atoms with Gasteiger partial charge < -0.3 is 20.5 Å². The Balaban J connectivity index is 1.67. The molecule has 0 saturated heterocycles. The zero-order valence-electron chi connectivity index (χ0n) is 16.3. The van der Waals surface area contributed by atoms with Gasteiger partial charge in [0, 0.05) is 26.0 Å². The molecule has 0 spiro atoms. The van der Waals surface area contributed by atoms with Gasteiger partial charge in [-0.1, -0.05) is 12.1 Å². The van der Waals surface area contributed by atoms with E-state index >= 15 is 0 Å². The SMILES string of the molecule is COCCC(C)NC(=O)C1=CNC(n2ncc(-c3ccc(C#N)cc3)c2O)C=C1. The first-order valence-electron chi connectivity index (χ1n) is 9.24. The lowest BCUT2D eigenvalue weighted by Gasteiger charge is -2.20. The first kappa shape index (κ1) is 20.2. The molecule has 3 rings (SSSR count). The number of benzene rings is 1. The summed E-state index contributed by atoms with van der Waals surface area (Å²) < 4.78 is 6.45. The Kier molecular flexibility index (Phi) is 6.32. The van der Waals surface area contributed by atoms with Gasteiger partial charge >= 0.3 is 0 Å². The summed E-state index contributed by atoms with van der Waals surface area (Å²) in [5, 5.41) is 29.7. The minimum Gasteiger partial charge on any atom is -0.493 e. The van der Waals surface area contributed by atoms with Gasteiger partial charge in [0.15, 0.2) is 0 Å². The number of rotatable bonds is 7. The van der Waals surface area contributed by atoms with E-state index in [0.717, 1.165) is 12.0 Å². The van der Waals surface area contributed by atoms with Crippen molar-refractivity contribution in [3.8, 4) is 23.1 Å². The van der Waals surface area contributed by atoms with Crippen LogP contribution in [0.2, 0.25) is 0 Å². The van der Waals surface area contributed by atoms with Gasteiger partial charge in [0.2, 0.25) is 5.88 Å². The van der Waals surface area contributed by atoms with Gasteiger partial charge in [0.05, 0.1) is 29.0 Å². The maximum Gasteiger partial charge on any atom is 0.252 e. The lowest BCUT2D eigenvalue weighted by Crippen LogP contribution is -2.35. The Morgan fingerprint density at radius 2 is 2.21 bits per heavy atom. The van der Waals surface area contributed by atoms with Gasteiger partial charge in [-0.25, -0.2) is 4.68 Å². The monoisotopic (exact) mass is 393 g/mol. The number of carbonyl (C=O) groups is 1. The van der Waals surface area contributed by atoms with E-state index in [0.29, 0.717) is 23.3 Å². The van der Waals surface area contributed by atoms with Crippen LogP contribution in [-0.2, 0) is 9.53 Å². The van der Waals surface area contributed by atoms with Crippen LogP contribution in [0.3, 0.4) is 0 Å². The molecule has 0 fully saturated rings. The molecule has 8 nitrogen and oxygen atoms in total. The summed E-state index contributed by atoms with van der Waals surface area (Å²) in [6, 6.07) is 8.96. The van der Waals surface area contributed by atoms with Crippen molar-refractivity contribution in [3.63, 3.8) is 0 Å². The Hall–Kier alpha value is -3.57. The maximum absolute atomic E-state index is 12.3. The molecule has 1 aromatic heterocycles. The smallest absolute Gasteiger partial charge is 0.252 e. The molecule has 8 heteroatoms. The van der Waals surface area contributed by atoms with E-state index in [4.69, 9.17) is 10.00 Å². The molecule has 29 heavy (non-hydrogen) atoms. The zero-order valence-corrected chi connectivity index (χ0v) is 16.3. The molecule has 0 aliphatic carbocycles.